The van der Waals surface area contributed by atoms with Crippen LogP contribution in [0.15, 0.2) is 42.5 Å². The van der Waals surface area contributed by atoms with E-state index in [0.29, 0.717) is 18.0 Å². The minimum Gasteiger partial charge on any atom is -0.508 e. The quantitative estimate of drug-likeness (QED) is 0.693. The zero-order chi connectivity index (χ0) is 18.8. The minimum atomic E-state index is -0.997. The second-order valence-corrected chi connectivity index (χ2v) is 6.79. The van der Waals surface area contributed by atoms with Crippen LogP contribution >= 0.6 is 0 Å². The van der Waals surface area contributed by atoms with Crippen molar-refractivity contribution in [3.63, 3.8) is 0 Å². The first-order valence-corrected chi connectivity index (χ1v) is 8.62. The van der Waals surface area contributed by atoms with Gasteiger partial charge in [-0.15, -0.1) is 0 Å². The maximum atomic E-state index is 10.8. The van der Waals surface area contributed by atoms with Crippen molar-refractivity contribution < 1.29 is 19.7 Å². The van der Waals surface area contributed by atoms with Crippen molar-refractivity contribution >= 4 is 16.9 Å². The molecule has 0 aliphatic carbocycles. The summed E-state index contributed by atoms with van der Waals surface area (Å²) in [5.41, 5.74) is 4.08. The Kier molecular flexibility index (Phi) is 4.89. The molecule has 0 spiro atoms. The minimum absolute atomic E-state index is 0.244. The monoisotopic (exact) mass is 353 g/mol. The normalized spacial score (nSPS) is 11.2. The van der Waals surface area contributed by atoms with Crippen LogP contribution in [0.5, 0.6) is 11.5 Å². The lowest BCUT2D eigenvalue weighted by atomic mass is 9.99. The van der Waals surface area contributed by atoms with Gasteiger partial charge in [-0.3, -0.25) is 0 Å². The molecule has 0 bridgehead atoms. The molecule has 26 heavy (non-hydrogen) atoms. The molecule has 0 fully saturated rings. The Bertz CT molecular complexity index is 956. The molecule has 3 rings (SSSR count). The summed E-state index contributed by atoms with van der Waals surface area (Å²) in [7, 11) is 0. The topological polar surface area (TPSA) is 71.7 Å². The number of aromatic nitrogens is 1. The summed E-state index contributed by atoms with van der Waals surface area (Å²) in [6.45, 7) is 6.43. The Morgan fingerprint density at radius 1 is 1.19 bits per heavy atom. The first kappa shape index (κ1) is 17.9. The molecular formula is C21H23NO4. The second kappa shape index (κ2) is 7.12. The Morgan fingerprint density at radius 3 is 2.65 bits per heavy atom. The van der Waals surface area contributed by atoms with Crippen LogP contribution in [0, 0.1) is 6.92 Å². The average Bonchev–Trinajstić information content (AvgIpc) is 2.90. The highest BCUT2D eigenvalue weighted by atomic mass is 16.5. The van der Waals surface area contributed by atoms with Crippen LogP contribution in [-0.4, -0.2) is 27.4 Å². The Balaban J connectivity index is 1.98. The van der Waals surface area contributed by atoms with Crippen LogP contribution in [0.1, 0.15) is 36.6 Å². The Morgan fingerprint density at radius 2 is 1.96 bits per heavy atom. The molecule has 0 aliphatic heterocycles. The van der Waals surface area contributed by atoms with Crippen molar-refractivity contribution in [3.05, 3.63) is 59.3 Å². The summed E-state index contributed by atoms with van der Waals surface area (Å²) in [6, 6.07) is 13.4. The number of aryl methyl sites for hydroxylation is 1. The number of nitrogens with zero attached hydrogens (tertiary/aromatic N) is 1. The molecule has 2 aromatic carbocycles. The molecule has 0 unspecified atom stereocenters. The molecule has 5 heteroatoms. The molecule has 3 aromatic rings. The molecule has 5 nitrogen and oxygen atoms in total. The Hall–Kier alpha value is -2.95. The zero-order valence-electron chi connectivity index (χ0n) is 15.2. The smallest absolute Gasteiger partial charge is 0.341 e. The lowest BCUT2D eigenvalue weighted by molar-refractivity contribution is -0.139. The number of benzene rings is 2. The largest absolute Gasteiger partial charge is 0.508 e. The standard InChI is InChI=1S/C21H23NO4/c1-13(2)16-10-15(7-8-19(16)23)11-22-14(3)9-17-18(22)5-4-6-20(17)26-12-21(24)25/h4-10,13,23H,11-12H2,1-3H3,(H,24,25). The van der Waals surface area contributed by atoms with E-state index in [-0.39, 0.29) is 12.5 Å². The van der Waals surface area contributed by atoms with E-state index in [4.69, 9.17) is 9.84 Å². The number of carboxylic acid groups (broad SMARTS) is 1. The maximum absolute atomic E-state index is 10.8. The van der Waals surface area contributed by atoms with Crippen LogP contribution in [0.2, 0.25) is 0 Å². The van der Waals surface area contributed by atoms with Crippen molar-refractivity contribution in [2.24, 2.45) is 0 Å². The lowest BCUT2D eigenvalue weighted by Crippen LogP contribution is -2.09. The van der Waals surface area contributed by atoms with Crippen molar-refractivity contribution in [1.82, 2.24) is 4.57 Å². The summed E-state index contributed by atoms with van der Waals surface area (Å²) in [4.78, 5) is 10.8. The van der Waals surface area contributed by atoms with E-state index in [0.717, 1.165) is 27.7 Å². The highest BCUT2D eigenvalue weighted by Gasteiger charge is 2.13. The van der Waals surface area contributed by atoms with Crippen molar-refractivity contribution in [2.75, 3.05) is 6.61 Å². The van der Waals surface area contributed by atoms with E-state index < -0.39 is 5.97 Å². The van der Waals surface area contributed by atoms with E-state index in [9.17, 15) is 9.90 Å². The van der Waals surface area contributed by atoms with Crippen LogP contribution in [0.4, 0.5) is 0 Å². The van der Waals surface area contributed by atoms with Crippen LogP contribution in [-0.2, 0) is 11.3 Å². The third kappa shape index (κ3) is 3.52. The van der Waals surface area contributed by atoms with E-state index >= 15 is 0 Å². The van der Waals surface area contributed by atoms with E-state index in [1.807, 2.05) is 37.3 Å². The summed E-state index contributed by atoms with van der Waals surface area (Å²) in [6.07, 6.45) is 0. The van der Waals surface area contributed by atoms with Crippen molar-refractivity contribution in [1.29, 1.82) is 0 Å². The number of carbonyl (C=O) groups is 1. The lowest BCUT2D eigenvalue weighted by Gasteiger charge is -2.13. The first-order chi connectivity index (χ1) is 12.4. The van der Waals surface area contributed by atoms with E-state index in [2.05, 4.69) is 18.4 Å². The summed E-state index contributed by atoms with van der Waals surface area (Å²) in [5, 5.41) is 19.8. The second-order valence-electron chi connectivity index (χ2n) is 6.79. The van der Waals surface area contributed by atoms with Gasteiger partial charge in [0.15, 0.2) is 6.61 Å². The van der Waals surface area contributed by atoms with Crippen LogP contribution in [0.3, 0.4) is 0 Å². The molecule has 0 saturated heterocycles. The summed E-state index contributed by atoms with van der Waals surface area (Å²) < 4.78 is 7.59. The maximum Gasteiger partial charge on any atom is 0.341 e. The molecule has 1 aromatic heterocycles. The van der Waals surface area contributed by atoms with Gasteiger partial charge in [-0.25, -0.2) is 4.79 Å². The van der Waals surface area contributed by atoms with Gasteiger partial charge in [0.05, 0.1) is 5.52 Å². The van der Waals surface area contributed by atoms with Gasteiger partial charge in [-0.1, -0.05) is 32.0 Å². The number of aromatic hydroxyl groups is 1. The van der Waals surface area contributed by atoms with Gasteiger partial charge in [0.25, 0.3) is 0 Å². The molecule has 0 aliphatic rings. The molecule has 2 N–H and O–H groups in total. The molecule has 0 radical (unpaired) electrons. The van der Waals surface area contributed by atoms with Gasteiger partial charge >= 0.3 is 5.97 Å². The van der Waals surface area contributed by atoms with Gasteiger partial charge in [-0.05, 0) is 48.2 Å². The summed E-state index contributed by atoms with van der Waals surface area (Å²) >= 11 is 0. The van der Waals surface area contributed by atoms with Crippen molar-refractivity contribution in [3.8, 4) is 11.5 Å². The van der Waals surface area contributed by atoms with Gasteiger partial charge in [-0.2, -0.15) is 0 Å². The third-order valence-corrected chi connectivity index (χ3v) is 4.52. The molecule has 0 amide bonds. The van der Waals surface area contributed by atoms with Gasteiger partial charge < -0.3 is 19.5 Å². The molecule has 0 saturated carbocycles. The van der Waals surface area contributed by atoms with E-state index in [1.165, 1.54) is 0 Å². The number of phenolic OH excluding ortho intramolecular Hbond substituents is 1. The fraction of sp³-hybridized carbons (Fsp3) is 0.286. The van der Waals surface area contributed by atoms with Crippen LogP contribution in [0.25, 0.3) is 10.9 Å². The number of fused-ring (bicyclic) bond motifs is 1. The zero-order valence-corrected chi connectivity index (χ0v) is 15.2. The van der Waals surface area contributed by atoms with Crippen LogP contribution < -0.4 is 4.74 Å². The average molecular weight is 353 g/mol. The Labute approximate surface area is 152 Å². The molecule has 136 valence electrons. The number of hydrogen-bond acceptors (Lipinski definition) is 3. The molecule has 1 heterocycles. The predicted octanol–water partition coefficient (Wildman–Crippen LogP) is 4.29. The number of aliphatic carboxylic acids is 1. The number of carboxylic acids is 1. The number of rotatable bonds is 6. The number of phenols is 1. The van der Waals surface area contributed by atoms with Gasteiger partial charge in [0, 0.05) is 17.6 Å². The third-order valence-electron chi connectivity index (χ3n) is 4.52. The van der Waals surface area contributed by atoms with Gasteiger partial charge in [0.1, 0.15) is 11.5 Å². The highest BCUT2D eigenvalue weighted by Crippen LogP contribution is 2.31. The van der Waals surface area contributed by atoms with E-state index in [1.54, 1.807) is 12.1 Å². The van der Waals surface area contributed by atoms with Crippen molar-refractivity contribution in [2.45, 2.75) is 33.2 Å². The molecule has 0 atom stereocenters. The fourth-order valence-corrected chi connectivity index (χ4v) is 3.21. The SMILES string of the molecule is Cc1cc2c(OCC(=O)O)cccc2n1Cc1ccc(O)c(C(C)C)c1. The summed E-state index contributed by atoms with van der Waals surface area (Å²) in [5.74, 6) is 0.138. The number of ether oxygens (including phenoxy) is 1. The van der Waals surface area contributed by atoms with Gasteiger partial charge in [0.2, 0.25) is 0 Å². The fourth-order valence-electron chi connectivity index (χ4n) is 3.21. The predicted molar refractivity (Wildman–Crippen MR) is 101 cm³/mol. The highest BCUT2D eigenvalue weighted by molar-refractivity contribution is 5.88. The first-order valence-electron chi connectivity index (χ1n) is 8.62. The molecular weight excluding hydrogens is 330 g/mol. The number of hydrogen-bond donors (Lipinski definition) is 2.